The molecule has 0 aliphatic carbocycles. The minimum Gasteiger partial charge on any atom is -0.489 e. The lowest BCUT2D eigenvalue weighted by molar-refractivity contribution is 0.0733. The number of pyridine rings is 1. The highest BCUT2D eigenvalue weighted by Crippen LogP contribution is 2.35. The summed E-state index contributed by atoms with van der Waals surface area (Å²) in [5, 5.41) is 3.98. The molecule has 1 aliphatic heterocycles. The highest BCUT2D eigenvalue weighted by Gasteiger charge is 2.29. The maximum absolute atomic E-state index is 14.9. The lowest BCUT2D eigenvalue weighted by Crippen LogP contribution is -2.47. The van der Waals surface area contributed by atoms with Gasteiger partial charge in [0.05, 0.1) is 22.5 Å². The SMILES string of the molecule is CCc1cccc(CC)c1-n1c(CC(C)C)c(C(=O)N2CCNCC2)cc(-c2nc(-c3ccc(OCc4ccccc4)cc3)c(C)s2)c1=O. The predicted molar refractivity (Wildman–Crippen MR) is 200 cm³/mol. The summed E-state index contributed by atoms with van der Waals surface area (Å²) in [6.07, 6.45) is 2.14. The van der Waals surface area contributed by atoms with Gasteiger partial charge in [0, 0.05) is 42.3 Å². The third-order valence-electron chi connectivity index (χ3n) is 9.13. The predicted octanol–water partition coefficient (Wildman–Crippen LogP) is 7.88. The molecule has 1 fully saturated rings. The normalized spacial score (nSPS) is 13.2. The van der Waals surface area contributed by atoms with Crippen molar-refractivity contribution in [2.45, 2.75) is 60.5 Å². The smallest absolute Gasteiger partial charge is 0.265 e. The maximum atomic E-state index is 14.9. The zero-order valence-corrected chi connectivity index (χ0v) is 30.0. The Morgan fingerprint density at radius 2 is 1.61 bits per heavy atom. The van der Waals surface area contributed by atoms with Crippen LogP contribution in [0, 0.1) is 12.8 Å². The number of amides is 1. The van der Waals surface area contributed by atoms with E-state index in [1.165, 1.54) is 11.3 Å². The van der Waals surface area contributed by atoms with Gasteiger partial charge in [-0.1, -0.05) is 76.2 Å². The highest BCUT2D eigenvalue weighted by atomic mass is 32.1. The van der Waals surface area contributed by atoms with E-state index < -0.39 is 0 Å². The average Bonchev–Trinajstić information content (AvgIpc) is 3.52. The minimum absolute atomic E-state index is 0.0289. The molecule has 0 bridgehead atoms. The van der Waals surface area contributed by atoms with Crippen molar-refractivity contribution < 1.29 is 9.53 Å². The first-order valence-electron chi connectivity index (χ1n) is 17.4. The van der Waals surface area contributed by atoms with Gasteiger partial charge in [0.15, 0.2) is 0 Å². The first-order valence-corrected chi connectivity index (χ1v) is 18.3. The van der Waals surface area contributed by atoms with Gasteiger partial charge < -0.3 is 15.0 Å². The van der Waals surface area contributed by atoms with Gasteiger partial charge >= 0.3 is 0 Å². The molecular formula is C41H46N4O3S. The molecule has 3 heterocycles. The van der Waals surface area contributed by atoms with Gasteiger partial charge in [0.1, 0.15) is 17.4 Å². The zero-order valence-electron chi connectivity index (χ0n) is 29.2. The fourth-order valence-corrected chi connectivity index (χ4v) is 7.53. The Morgan fingerprint density at radius 1 is 0.939 bits per heavy atom. The van der Waals surface area contributed by atoms with E-state index in [0.717, 1.165) is 75.9 Å². The molecule has 8 heteroatoms. The molecule has 1 N–H and O–H groups in total. The van der Waals surface area contributed by atoms with Crippen molar-refractivity contribution in [3.05, 3.63) is 122 Å². The van der Waals surface area contributed by atoms with E-state index in [2.05, 4.69) is 51.2 Å². The molecule has 1 amide bonds. The van der Waals surface area contributed by atoms with Gasteiger partial charge in [-0.3, -0.25) is 14.2 Å². The Morgan fingerprint density at radius 3 is 2.24 bits per heavy atom. The fourth-order valence-electron chi connectivity index (χ4n) is 6.59. The van der Waals surface area contributed by atoms with E-state index >= 15 is 0 Å². The van der Waals surface area contributed by atoms with Crippen LogP contribution in [0.3, 0.4) is 0 Å². The molecule has 0 radical (unpaired) electrons. The van der Waals surface area contributed by atoms with Crippen LogP contribution in [0.4, 0.5) is 0 Å². The molecule has 0 saturated carbocycles. The standard InChI is InChI=1S/C41H46N4O3S/c1-6-30-14-11-15-31(7-2)38(30)45-36(24-27(3)4)34(40(46)44-22-20-42-21-23-44)25-35(41(45)47)39-43-37(28(5)49-39)32-16-18-33(19-17-32)48-26-29-12-9-8-10-13-29/h8-19,25,27,42H,6-7,20-24,26H2,1-5H3. The van der Waals surface area contributed by atoms with Crippen LogP contribution >= 0.6 is 11.3 Å². The molecule has 5 aromatic rings. The number of hydrogen-bond donors (Lipinski definition) is 1. The van der Waals surface area contributed by atoms with Crippen LogP contribution in [0.2, 0.25) is 0 Å². The van der Waals surface area contributed by atoms with Crippen LogP contribution in [0.1, 0.15) is 65.3 Å². The largest absolute Gasteiger partial charge is 0.489 e. The Balaban J connectivity index is 1.48. The van der Waals surface area contributed by atoms with Gasteiger partial charge in [0.25, 0.3) is 11.5 Å². The van der Waals surface area contributed by atoms with E-state index in [1.807, 2.05) is 77.1 Å². The Hall–Kier alpha value is -4.53. The fraction of sp³-hybridized carbons (Fsp3) is 0.341. The number of nitrogens with one attached hydrogen (secondary N) is 1. The maximum Gasteiger partial charge on any atom is 0.265 e. The summed E-state index contributed by atoms with van der Waals surface area (Å²) in [6.45, 7) is 13.8. The Labute approximate surface area is 293 Å². The third kappa shape index (κ3) is 7.41. The molecule has 0 spiro atoms. The summed E-state index contributed by atoms with van der Waals surface area (Å²) in [5.74, 6) is 0.985. The molecular weight excluding hydrogens is 629 g/mol. The number of aromatic nitrogens is 2. The number of benzene rings is 3. The molecule has 2 aromatic heterocycles. The summed E-state index contributed by atoms with van der Waals surface area (Å²) < 4.78 is 7.89. The zero-order chi connectivity index (χ0) is 34.5. The molecule has 254 valence electrons. The number of rotatable bonds is 11. The number of aryl methyl sites for hydroxylation is 3. The number of piperazine rings is 1. The van der Waals surface area contributed by atoms with Gasteiger partial charge in [0.2, 0.25) is 0 Å². The van der Waals surface area contributed by atoms with Gasteiger partial charge in [-0.15, -0.1) is 11.3 Å². The van der Waals surface area contributed by atoms with Crippen molar-refractivity contribution >= 4 is 17.2 Å². The van der Waals surface area contributed by atoms with Crippen molar-refractivity contribution in [2.24, 2.45) is 5.92 Å². The number of carbonyl (C=O) groups is 1. The number of carbonyl (C=O) groups excluding carboxylic acids is 1. The number of hydrogen-bond acceptors (Lipinski definition) is 6. The van der Waals surface area contributed by atoms with Crippen LogP contribution in [-0.4, -0.2) is 46.5 Å². The van der Waals surface area contributed by atoms with Crippen molar-refractivity contribution in [3.63, 3.8) is 0 Å². The summed E-state index contributed by atoms with van der Waals surface area (Å²) in [6, 6.07) is 26.2. The van der Waals surface area contributed by atoms with E-state index in [4.69, 9.17) is 9.72 Å². The van der Waals surface area contributed by atoms with Gasteiger partial charge in [-0.05, 0) is 79.1 Å². The quantitative estimate of drug-likeness (QED) is 0.154. The highest BCUT2D eigenvalue weighted by molar-refractivity contribution is 7.15. The summed E-state index contributed by atoms with van der Waals surface area (Å²) in [5.41, 5.74) is 7.67. The minimum atomic E-state index is -0.131. The lowest BCUT2D eigenvalue weighted by Gasteiger charge is -2.30. The molecule has 1 aliphatic rings. The van der Waals surface area contributed by atoms with Gasteiger partial charge in [-0.25, -0.2) is 4.98 Å². The van der Waals surface area contributed by atoms with Crippen LogP contribution in [0.25, 0.3) is 27.5 Å². The Bertz CT molecular complexity index is 1950. The summed E-state index contributed by atoms with van der Waals surface area (Å²) >= 11 is 1.50. The summed E-state index contributed by atoms with van der Waals surface area (Å²) in [7, 11) is 0. The van der Waals surface area contributed by atoms with Crippen molar-refractivity contribution in [1.82, 2.24) is 19.8 Å². The molecule has 0 atom stereocenters. The van der Waals surface area contributed by atoms with Crippen LogP contribution < -0.4 is 15.6 Å². The van der Waals surface area contributed by atoms with Gasteiger partial charge in [-0.2, -0.15) is 0 Å². The first kappa shape index (κ1) is 34.3. The molecule has 6 rings (SSSR count). The number of ether oxygens (including phenoxy) is 1. The second-order valence-corrected chi connectivity index (χ2v) is 14.3. The number of para-hydroxylation sites is 1. The summed E-state index contributed by atoms with van der Waals surface area (Å²) in [4.78, 5) is 37.3. The van der Waals surface area contributed by atoms with E-state index in [1.54, 1.807) is 0 Å². The topological polar surface area (TPSA) is 76.5 Å². The molecule has 1 saturated heterocycles. The van der Waals surface area contributed by atoms with E-state index in [0.29, 0.717) is 42.3 Å². The van der Waals surface area contributed by atoms with Crippen LogP contribution in [0.15, 0.2) is 83.7 Å². The van der Waals surface area contributed by atoms with E-state index in [9.17, 15) is 9.59 Å². The molecule has 7 nitrogen and oxygen atoms in total. The first-order chi connectivity index (χ1) is 23.8. The Kier molecular flexibility index (Phi) is 10.8. The monoisotopic (exact) mass is 674 g/mol. The van der Waals surface area contributed by atoms with Crippen molar-refractivity contribution in [1.29, 1.82) is 0 Å². The molecule has 0 unspecified atom stereocenters. The lowest BCUT2D eigenvalue weighted by atomic mass is 9.97. The van der Waals surface area contributed by atoms with Crippen molar-refractivity contribution in [3.8, 4) is 33.3 Å². The second kappa shape index (κ2) is 15.3. The number of nitrogens with zero attached hydrogens (tertiary/aromatic N) is 3. The number of thiazole rings is 1. The molecule has 3 aromatic carbocycles. The van der Waals surface area contributed by atoms with Crippen LogP contribution in [-0.2, 0) is 25.9 Å². The average molecular weight is 675 g/mol. The van der Waals surface area contributed by atoms with Crippen LogP contribution in [0.5, 0.6) is 5.75 Å². The third-order valence-corrected chi connectivity index (χ3v) is 10.1. The van der Waals surface area contributed by atoms with E-state index in [-0.39, 0.29) is 17.4 Å². The molecule has 49 heavy (non-hydrogen) atoms. The van der Waals surface area contributed by atoms with Crippen molar-refractivity contribution in [2.75, 3.05) is 26.2 Å². The second-order valence-electron chi connectivity index (χ2n) is 13.1.